The lowest BCUT2D eigenvalue weighted by Gasteiger charge is -2.11. The molecule has 0 bridgehead atoms. The highest BCUT2D eigenvalue weighted by Crippen LogP contribution is 2.06. The summed E-state index contributed by atoms with van der Waals surface area (Å²) in [4.78, 5) is 8.36. The van der Waals surface area contributed by atoms with Crippen molar-refractivity contribution >= 4 is 0 Å². The fraction of sp³-hybridized carbons (Fsp3) is 0.462. The van der Waals surface area contributed by atoms with Gasteiger partial charge in [-0.1, -0.05) is 19.9 Å². The molecule has 5 heteroatoms. The number of hydrogen-bond acceptors (Lipinski definition) is 4. The molecule has 0 aromatic carbocycles. The van der Waals surface area contributed by atoms with E-state index in [4.69, 9.17) is 0 Å². The molecule has 0 aliphatic rings. The fourth-order valence-electron chi connectivity index (χ4n) is 1.74. The second kappa shape index (κ2) is 6.26. The van der Waals surface area contributed by atoms with Crippen LogP contribution < -0.4 is 5.32 Å². The average Bonchev–Trinajstić information content (AvgIpc) is 2.84. The Kier molecular flexibility index (Phi) is 4.41. The Morgan fingerprint density at radius 2 is 2.28 bits per heavy atom. The first-order valence-electron chi connectivity index (χ1n) is 6.21. The van der Waals surface area contributed by atoms with Gasteiger partial charge in [-0.15, -0.1) is 0 Å². The van der Waals surface area contributed by atoms with E-state index in [1.54, 1.807) is 17.3 Å². The Bertz CT molecular complexity index is 464. The van der Waals surface area contributed by atoms with Crippen LogP contribution in [0.4, 0.5) is 0 Å². The molecule has 2 aromatic rings. The molecule has 0 radical (unpaired) electrons. The Morgan fingerprint density at radius 1 is 1.39 bits per heavy atom. The van der Waals surface area contributed by atoms with Gasteiger partial charge in [0.25, 0.3) is 0 Å². The van der Waals surface area contributed by atoms with Crippen LogP contribution in [-0.2, 0) is 13.1 Å². The SMILES string of the molecule is CC(C)CNCc1cccnc1Cn1cncn1. The van der Waals surface area contributed by atoms with E-state index in [0.29, 0.717) is 12.5 Å². The van der Waals surface area contributed by atoms with Crippen molar-refractivity contribution in [2.24, 2.45) is 5.92 Å². The molecule has 0 unspecified atom stereocenters. The first kappa shape index (κ1) is 12.7. The molecule has 0 atom stereocenters. The Balaban J connectivity index is 2.01. The normalized spacial score (nSPS) is 11.1. The molecule has 18 heavy (non-hydrogen) atoms. The summed E-state index contributed by atoms with van der Waals surface area (Å²) < 4.78 is 1.79. The zero-order chi connectivity index (χ0) is 12.8. The third kappa shape index (κ3) is 3.63. The summed E-state index contributed by atoms with van der Waals surface area (Å²) in [5, 5.41) is 7.54. The van der Waals surface area contributed by atoms with E-state index in [2.05, 4.69) is 40.3 Å². The fourth-order valence-corrected chi connectivity index (χ4v) is 1.74. The monoisotopic (exact) mass is 245 g/mol. The molecule has 1 N–H and O–H groups in total. The molecule has 2 rings (SSSR count). The highest BCUT2D eigenvalue weighted by molar-refractivity contribution is 5.19. The number of nitrogens with one attached hydrogen (secondary N) is 1. The lowest BCUT2D eigenvalue weighted by atomic mass is 10.1. The number of pyridine rings is 1. The molecule has 0 spiro atoms. The highest BCUT2D eigenvalue weighted by atomic mass is 15.3. The Hall–Kier alpha value is -1.75. The van der Waals surface area contributed by atoms with Crippen LogP contribution in [0.25, 0.3) is 0 Å². The zero-order valence-electron chi connectivity index (χ0n) is 10.9. The molecule has 0 aliphatic heterocycles. The lowest BCUT2D eigenvalue weighted by Crippen LogP contribution is -2.20. The smallest absolute Gasteiger partial charge is 0.137 e. The second-order valence-electron chi connectivity index (χ2n) is 4.73. The topological polar surface area (TPSA) is 55.6 Å². The molecular formula is C13H19N5. The number of hydrogen-bond donors (Lipinski definition) is 1. The Morgan fingerprint density at radius 3 is 3.00 bits per heavy atom. The van der Waals surface area contributed by atoms with Crippen molar-refractivity contribution in [1.29, 1.82) is 0 Å². The third-order valence-electron chi connectivity index (χ3n) is 2.63. The van der Waals surface area contributed by atoms with Crippen LogP contribution >= 0.6 is 0 Å². The first-order valence-corrected chi connectivity index (χ1v) is 6.21. The van der Waals surface area contributed by atoms with E-state index in [1.165, 1.54) is 5.56 Å². The maximum atomic E-state index is 4.42. The van der Waals surface area contributed by atoms with Crippen LogP contribution in [0.15, 0.2) is 31.0 Å². The Labute approximate surface area is 107 Å². The van der Waals surface area contributed by atoms with Crippen molar-refractivity contribution < 1.29 is 0 Å². The second-order valence-corrected chi connectivity index (χ2v) is 4.73. The van der Waals surface area contributed by atoms with Gasteiger partial charge in [-0.2, -0.15) is 5.10 Å². The largest absolute Gasteiger partial charge is 0.312 e. The quantitative estimate of drug-likeness (QED) is 0.837. The molecule has 0 saturated carbocycles. The van der Waals surface area contributed by atoms with E-state index in [0.717, 1.165) is 18.8 Å². The van der Waals surface area contributed by atoms with Crippen LogP contribution in [-0.4, -0.2) is 26.3 Å². The summed E-state index contributed by atoms with van der Waals surface area (Å²) in [6.45, 7) is 6.92. The summed E-state index contributed by atoms with van der Waals surface area (Å²) in [6, 6.07) is 4.07. The van der Waals surface area contributed by atoms with Gasteiger partial charge in [-0.05, 0) is 24.1 Å². The minimum absolute atomic E-state index is 0.653. The van der Waals surface area contributed by atoms with E-state index in [1.807, 2.05) is 12.3 Å². The first-order chi connectivity index (χ1) is 8.75. The summed E-state index contributed by atoms with van der Waals surface area (Å²) >= 11 is 0. The standard InChI is InChI=1S/C13H19N5/c1-11(2)6-14-7-12-4-3-5-16-13(12)8-18-10-15-9-17-18/h3-5,9-11,14H,6-8H2,1-2H3. The molecule has 0 saturated heterocycles. The van der Waals surface area contributed by atoms with Crippen molar-refractivity contribution in [3.05, 3.63) is 42.2 Å². The van der Waals surface area contributed by atoms with Crippen LogP contribution in [0.1, 0.15) is 25.1 Å². The average molecular weight is 245 g/mol. The van der Waals surface area contributed by atoms with Gasteiger partial charge in [0.2, 0.25) is 0 Å². The lowest BCUT2D eigenvalue weighted by molar-refractivity contribution is 0.547. The van der Waals surface area contributed by atoms with Crippen molar-refractivity contribution in [3.63, 3.8) is 0 Å². The molecular weight excluding hydrogens is 226 g/mol. The predicted octanol–water partition coefficient (Wildman–Crippen LogP) is 1.47. The summed E-state index contributed by atoms with van der Waals surface area (Å²) in [5.74, 6) is 0.653. The van der Waals surface area contributed by atoms with Gasteiger partial charge in [-0.25, -0.2) is 9.67 Å². The van der Waals surface area contributed by atoms with Crippen LogP contribution in [0.5, 0.6) is 0 Å². The third-order valence-corrected chi connectivity index (χ3v) is 2.63. The van der Waals surface area contributed by atoms with Crippen molar-refractivity contribution in [3.8, 4) is 0 Å². The van der Waals surface area contributed by atoms with Crippen LogP contribution in [0, 0.1) is 5.92 Å². The maximum absolute atomic E-state index is 4.42. The molecule has 0 amide bonds. The predicted molar refractivity (Wildman–Crippen MR) is 69.9 cm³/mol. The van der Waals surface area contributed by atoms with Crippen LogP contribution in [0.3, 0.4) is 0 Å². The van der Waals surface area contributed by atoms with Gasteiger partial charge in [0.1, 0.15) is 12.7 Å². The van der Waals surface area contributed by atoms with E-state index in [-0.39, 0.29) is 0 Å². The zero-order valence-corrected chi connectivity index (χ0v) is 10.9. The van der Waals surface area contributed by atoms with Gasteiger partial charge in [0.15, 0.2) is 0 Å². The van der Waals surface area contributed by atoms with E-state index < -0.39 is 0 Å². The molecule has 2 aromatic heterocycles. The van der Waals surface area contributed by atoms with Gasteiger partial charge >= 0.3 is 0 Å². The van der Waals surface area contributed by atoms with Crippen molar-refractivity contribution in [2.45, 2.75) is 26.9 Å². The van der Waals surface area contributed by atoms with Gasteiger partial charge < -0.3 is 5.32 Å². The molecule has 96 valence electrons. The molecule has 2 heterocycles. The van der Waals surface area contributed by atoms with E-state index in [9.17, 15) is 0 Å². The molecule has 0 fully saturated rings. The summed E-state index contributed by atoms with van der Waals surface area (Å²) in [6.07, 6.45) is 5.07. The molecule has 0 aliphatic carbocycles. The maximum Gasteiger partial charge on any atom is 0.137 e. The number of nitrogens with zero attached hydrogens (tertiary/aromatic N) is 4. The highest BCUT2D eigenvalue weighted by Gasteiger charge is 2.04. The van der Waals surface area contributed by atoms with Crippen LogP contribution in [0.2, 0.25) is 0 Å². The van der Waals surface area contributed by atoms with Crippen molar-refractivity contribution in [2.75, 3.05) is 6.54 Å². The minimum atomic E-state index is 0.653. The van der Waals surface area contributed by atoms with Gasteiger partial charge in [-0.3, -0.25) is 4.98 Å². The van der Waals surface area contributed by atoms with Gasteiger partial charge in [0, 0.05) is 12.7 Å². The number of rotatable bonds is 6. The number of aromatic nitrogens is 4. The molecule has 5 nitrogen and oxygen atoms in total. The van der Waals surface area contributed by atoms with E-state index >= 15 is 0 Å². The summed E-state index contributed by atoms with van der Waals surface area (Å²) in [5.41, 5.74) is 2.26. The van der Waals surface area contributed by atoms with Gasteiger partial charge in [0.05, 0.1) is 12.2 Å². The van der Waals surface area contributed by atoms with Crippen molar-refractivity contribution in [1.82, 2.24) is 25.1 Å². The summed E-state index contributed by atoms with van der Waals surface area (Å²) in [7, 11) is 0. The minimum Gasteiger partial charge on any atom is -0.312 e.